The molecule has 2 aliphatic rings. The maximum Gasteiger partial charge on any atom is 0.224 e. The summed E-state index contributed by atoms with van der Waals surface area (Å²) in [6.45, 7) is 1.42. The molecular formula is C22H29ClN2O3. The first-order chi connectivity index (χ1) is 13.5. The Morgan fingerprint density at radius 1 is 1.25 bits per heavy atom. The van der Waals surface area contributed by atoms with Gasteiger partial charge >= 0.3 is 0 Å². The molecular weight excluding hydrogens is 376 g/mol. The smallest absolute Gasteiger partial charge is 0.224 e. The lowest BCUT2D eigenvalue weighted by Gasteiger charge is -2.36. The van der Waals surface area contributed by atoms with Crippen molar-refractivity contribution in [2.24, 2.45) is 5.92 Å². The minimum absolute atomic E-state index is 0.0666. The van der Waals surface area contributed by atoms with E-state index in [0.717, 1.165) is 29.4 Å². The number of anilines is 1. The maximum atomic E-state index is 12.7. The van der Waals surface area contributed by atoms with Crippen molar-refractivity contribution < 1.29 is 14.6 Å². The van der Waals surface area contributed by atoms with Gasteiger partial charge in [-0.15, -0.1) is 0 Å². The standard InChI is InChI=1S/C22H29ClN2O3/c23-17-8-5-9-19-21(17)18(13-25(19)11-10-22(27)14-28-15-22)24-20(26)12-16-6-3-1-2-4-7-16/h5,8-9,13,16,27H,1-4,6-7,10-12,14-15H2,(H,24,26). The van der Waals surface area contributed by atoms with Crippen LogP contribution in [0.2, 0.25) is 5.02 Å². The Morgan fingerprint density at radius 3 is 2.68 bits per heavy atom. The van der Waals surface area contributed by atoms with Gasteiger partial charge in [0.1, 0.15) is 5.60 Å². The summed E-state index contributed by atoms with van der Waals surface area (Å²) < 4.78 is 7.20. The Balaban J connectivity index is 1.50. The van der Waals surface area contributed by atoms with E-state index in [2.05, 4.69) is 9.88 Å². The highest BCUT2D eigenvalue weighted by atomic mass is 35.5. The number of ether oxygens (including phenoxy) is 1. The number of carbonyl (C=O) groups excluding carboxylic acids is 1. The van der Waals surface area contributed by atoms with E-state index in [0.29, 0.717) is 43.5 Å². The van der Waals surface area contributed by atoms with Gasteiger partial charge in [-0.2, -0.15) is 0 Å². The van der Waals surface area contributed by atoms with E-state index in [9.17, 15) is 9.90 Å². The van der Waals surface area contributed by atoms with Gasteiger partial charge in [0, 0.05) is 24.5 Å². The second kappa shape index (κ2) is 8.44. The van der Waals surface area contributed by atoms with Crippen LogP contribution in [0.5, 0.6) is 0 Å². The van der Waals surface area contributed by atoms with Gasteiger partial charge in [-0.3, -0.25) is 4.79 Å². The van der Waals surface area contributed by atoms with Crippen molar-refractivity contribution in [1.82, 2.24) is 4.57 Å². The molecule has 0 atom stereocenters. The Labute approximate surface area is 171 Å². The van der Waals surface area contributed by atoms with E-state index in [1.807, 2.05) is 24.4 Å². The summed E-state index contributed by atoms with van der Waals surface area (Å²) in [6.07, 6.45) is 10.5. The fourth-order valence-electron chi connectivity index (χ4n) is 4.43. The number of aromatic nitrogens is 1. The second-order valence-electron chi connectivity index (χ2n) is 8.45. The highest BCUT2D eigenvalue weighted by Gasteiger charge is 2.35. The Bertz CT molecular complexity index is 836. The van der Waals surface area contributed by atoms with Gasteiger partial charge < -0.3 is 19.7 Å². The van der Waals surface area contributed by atoms with E-state index in [1.165, 1.54) is 25.7 Å². The average molecular weight is 405 g/mol. The number of amides is 1. The zero-order chi connectivity index (χ0) is 19.6. The maximum absolute atomic E-state index is 12.7. The molecule has 0 unspecified atom stereocenters. The van der Waals surface area contributed by atoms with E-state index >= 15 is 0 Å². The molecule has 0 spiro atoms. The lowest BCUT2D eigenvalue weighted by atomic mass is 9.96. The highest BCUT2D eigenvalue weighted by Crippen LogP contribution is 2.34. The van der Waals surface area contributed by atoms with Crippen LogP contribution in [0.15, 0.2) is 24.4 Å². The van der Waals surface area contributed by atoms with Crippen molar-refractivity contribution >= 4 is 34.1 Å². The van der Waals surface area contributed by atoms with Crippen LogP contribution in [0.1, 0.15) is 51.4 Å². The summed E-state index contributed by atoms with van der Waals surface area (Å²) >= 11 is 6.47. The first-order valence-corrected chi connectivity index (χ1v) is 10.8. The SMILES string of the molecule is O=C(CC1CCCCCC1)Nc1cn(CCC2(O)COC2)c2cccc(Cl)c12. The van der Waals surface area contributed by atoms with Crippen molar-refractivity contribution in [2.75, 3.05) is 18.5 Å². The largest absolute Gasteiger partial charge is 0.385 e. The van der Waals surface area contributed by atoms with Crippen LogP contribution >= 0.6 is 11.6 Å². The number of carbonyl (C=O) groups is 1. The molecule has 152 valence electrons. The van der Waals surface area contributed by atoms with E-state index in [4.69, 9.17) is 16.3 Å². The van der Waals surface area contributed by atoms with Crippen LogP contribution in [-0.4, -0.2) is 34.4 Å². The number of nitrogens with one attached hydrogen (secondary N) is 1. The summed E-state index contributed by atoms with van der Waals surface area (Å²) in [5.74, 6) is 0.552. The summed E-state index contributed by atoms with van der Waals surface area (Å²) in [4.78, 5) is 12.7. The summed E-state index contributed by atoms with van der Waals surface area (Å²) in [5, 5.41) is 14.9. The van der Waals surface area contributed by atoms with Crippen molar-refractivity contribution in [3.05, 3.63) is 29.4 Å². The van der Waals surface area contributed by atoms with Crippen LogP contribution in [-0.2, 0) is 16.1 Å². The molecule has 0 bridgehead atoms. The molecule has 1 aromatic carbocycles. The van der Waals surface area contributed by atoms with Gasteiger partial charge in [0.15, 0.2) is 0 Å². The number of aliphatic hydroxyl groups is 1. The van der Waals surface area contributed by atoms with Crippen molar-refractivity contribution in [3.8, 4) is 0 Å². The van der Waals surface area contributed by atoms with Gasteiger partial charge in [-0.1, -0.05) is 43.4 Å². The van der Waals surface area contributed by atoms with E-state index < -0.39 is 5.60 Å². The van der Waals surface area contributed by atoms with Crippen molar-refractivity contribution in [3.63, 3.8) is 0 Å². The molecule has 0 radical (unpaired) electrons. The summed E-state index contributed by atoms with van der Waals surface area (Å²) in [5.41, 5.74) is 0.995. The van der Waals surface area contributed by atoms with Crippen molar-refractivity contribution in [1.29, 1.82) is 0 Å². The van der Waals surface area contributed by atoms with Gasteiger partial charge in [0.25, 0.3) is 0 Å². The number of nitrogens with zero attached hydrogens (tertiary/aromatic N) is 1. The number of benzene rings is 1. The van der Waals surface area contributed by atoms with Crippen molar-refractivity contribution in [2.45, 2.75) is 63.5 Å². The molecule has 1 saturated carbocycles. The third-order valence-electron chi connectivity index (χ3n) is 6.14. The molecule has 6 heteroatoms. The third-order valence-corrected chi connectivity index (χ3v) is 6.45. The van der Waals surface area contributed by atoms with Gasteiger partial charge in [-0.05, 0) is 37.3 Å². The molecule has 2 N–H and O–H groups in total. The molecule has 28 heavy (non-hydrogen) atoms. The molecule has 1 saturated heterocycles. The van der Waals surface area contributed by atoms with E-state index in [-0.39, 0.29) is 5.91 Å². The Kier molecular flexibility index (Phi) is 5.95. The Morgan fingerprint density at radius 2 is 2.00 bits per heavy atom. The fourth-order valence-corrected chi connectivity index (χ4v) is 4.70. The monoisotopic (exact) mass is 404 g/mol. The summed E-state index contributed by atoms with van der Waals surface area (Å²) in [6, 6.07) is 5.77. The Hall–Kier alpha value is -1.56. The molecule has 2 aromatic rings. The minimum Gasteiger partial charge on any atom is -0.385 e. The van der Waals surface area contributed by atoms with Crippen LogP contribution < -0.4 is 5.32 Å². The number of fused-ring (bicyclic) bond motifs is 1. The van der Waals surface area contributed by atoms with Crippen LogP contribution in [0, 0.1) is 5.92 Å². The zero-order valence-corrected chi connectivity index (χ0v) is 17.0. The fraction of sp³-hybridized carbons (Fsp3) is 0.591. The van der Waals surface area contributed by atoms with Crippen LogP contribution in [0.25, 0.3) is 10.9 Å². The van der Waals surface area contributed by atoms with Crippen LogP contribution in [0.4, 0.5) is 5.69 Å². The molecule has 1 aliphatic carbocycles. The number of halogens is 1. The van der Waals surface area contributed by atoms with Gasteiger partial charge in [0.2, 0.25) is 5.91 Å². The number of aryl methyl sites for hydroxylation is 1. The number of hydrogen-bond donors (Lipinski definition) is 2. The normalized spacial score (nSPS) is 19.9. The molecule has 1 amide bonds. The van der Waals surface area contributed by atoms with Crippen LogP contribution in [0.3, 0.4) is 0 Å². The lowest BCUT2D eigenvalue weighted by molar-refractivity contribution is -0.182. The topological polar surface area (TPSA) is 63.5 Å². The van der Waals surface area contributed by atoms with E-state index in [1.54, 1.807) is 0 Å². The zero-order valence-electron chi connectivity index (χ0n) is 16.3. The molecule has 1 aromatic heterocycles. The number of rotatable bonds is 6. The molecule has 1 aliphatic heterocycles. The first kappa shape index (κ1) is 19.7. The lowest BCUT2D eigenvalue weighted by Crippen LogP contribution is -2.50. The average Bonchev–Trinajstić information content (AvgIpc) is 2.81. The van der Waals surface area contributed by atoms with Gasteiger partial charge in [-0.25, -0.2) is 0 Å². The molecule has 2 heterocycles. The van der Waals surface area contributed by atoms with Gasteiger partial charge in [0.05, 0.1) is 29.4 Å². The number of hydrogen-bond acceptors (Lipinski definition) is 3. The summed E-state index contributed by atoms with van der Waals surface area (Å²) in [7, 11) is 0. The molecule has 5 nitrogen and oxygen atoms in total. The minimum atomic E-state index is -0.738. The quantitative estimate of drug-likeness (QED) is 0.683. The molecule has 2 fully saturated rings. The first-order valence-electron chi connectivity index (χ1n) is 10.4. The third kappa shape index (κ3) is 4.37. The molecule has 4 rings (SSSR count). The second-order valence-corrected chi connectivity index (χ2v) is 8.85. The predicted octanol–water partition coefficient (Wildman–Crippen LogP) is 4.75. The highest BCUT2D eigenvalue weighted by molar-refractivity contribution is 6.36. The predicted molar refractivity (Wildman–Crippen MR) is 112 cm³/mol.